The van der Waals surface area contributed by atoms with Crippen LogP contribution in [0.1, 0.15) is 21.5 Å². The van der Waals surface area contributed by atoms with E-state index in [0.29, 0.717) is 16.9 Å². The van der Waals surface area contributed by atoms with Gasteiger partial charge in [0.05, 0.1) is 12.7 Å². The average Bonchev–Trinajstić information content (AvgIpc) is 2.46. The predicted octanol–water partition coefficient (Wildman–Crippen LogP) is 3.50. The molecule has 4 heteroatoms. The number of carbonyl (C=O) groups is 1. The van der Waals surface area contributed by atoms with E-state index in [4.69, 9.17) is 4.74 Å². The molecule has 0 N–H and O–H groups in total. The van der Waals surface area contributed by atoms with Gasteiger partial charge in [0.1, 0.15) is 18.2 Å². The van der Waals surface area contributed by atoms with Gasteiger partial charge in [-0.25, -0.2) is 9.18 Å². The van der Waals surface area contributed by atoms with Crippen LogP contribution in [0.4, 0.5) is 4.39 Å². The van der Waals surface area contributed by atoms with Crippen molar-refractivity contribution < 1.29 is 18.7 Å². The first-order valence-electron chi connectivity index (χ1n) is 6.16. The molecule has 2 aromatic carbocycles. The van der Waals surface area contributed by atoms with Gasteiger partial charge in [-0.1, -0.05) is 18.2 Å². The smallest absolute Gasteiger partial charge is 0.337 e. The summed E-state index contributed by atoms with van der Waals surface area (Å²) in [5, 5.41) is 0. The summed E-state index contributed by atoms with van der Waals surface area (Å²) in [4.78, 5) is 11.4. The Bertz CT molecular complexity index is 623. The summed E-state index contributed by atoms with van der Waals surface area (Å²) < 4.78 is 23.8. The maximum atomic E-state index is 13.7. The molecule has 20 heavy (non-hydrogen) atoms. The van der Waals surface area contributed by atoms with Gasteiger partial charge in [-0.2, -0.15) is 0 Å². The molecule has 0 radical (unpaired) electrons. The molecule has 0 aliphatic heterocycles. The van der Waals surface area contributed by atoms with Gasteiger partial charge in [-0.05, 0) is 36.8 Å². The molecule has 0 aromatic heterocycles. The topological polar surface area (TPSA) is 35.5 Å². The van der Waals surface area contributed by atoms with Crippen LogP contribution >= 0.6 is 0 Å². The maximum absolute atomic E-state index is 13.7. The second kappa shape index (κ2) is 6.19. The molecular weight excluding hydrogens is 259 g/mol. The zero-order chi connectivity index (χ0) is 14.5. The molecule has 104 valence electrons. The zero-order valence-electron chi connectivity index (χ0n) is 11.4. The highest BCUT2D eigenvalue weighted by atomic mass is 19.1. The van der Waals surface area contributed by atoms with E-state index >= 15 is 0 Å². The molecule has 0 saturated carbocycles. The third-order valence-corrected chi connectivity index (χ3v) is 2.86. The molecule has 0 spiro atoms. The summed E-state index contributed by atoms with van der Waals surface area (Å²) >= 11 is 0. The van der Waals surface area contributed by atoms with Gasteiger partial charge in [0.25, 0.3) is 0 Å². The van der Waals surface area contributed by atoms with Gasteiger partial charge < -0.3 is 9.47 Å². The molecule has 2 aromatic rings. The number of rotatable bonds is 4. The third-order valence-electron chi connectivity index (χ3n) is 2.86. The van der Waals surface area contributed by atoms with E-state index in [0.717, 1.165) is 5.56 Å². The van der Waals surface area contributed by atoms with E-state index in [-0.39, 0.29) is 12.4 Å². The highest BCUT2D eigenvalue weighted by Crippen LogP contribution is 2.17. The lowest BCUT2D eigenvalue weighted by Crippen LogP contribution is -2.03. The molecular formula is C16H15FO3. The van der Waals surface area contributed by atoms with Crippen LogP contribution < -0.4 is 4.74 Å². The molecule has 0 saturated heterocycles. The molecule has 0 aliphatic rings. The lowest BCUT2D eigenvalue weighted by Gasteiger charge is -2.08. The molecule has 0 bridgehead atoms. The van der Waals surface area contributed by atoms with Crippen molar-refractivity contribution in [3.8, 4) is 5.75 Å². The van der Waals surface area contributed by atoms with E-state index in [2.05, 4.69) is 4.74 Å². The number of hydrogen-bond donors (Lipinski definition) is 0. The van der Waals surface area contributed by atoms with Gasteiger partial charge in [0.2, 0.25) is 0 Å². The second-order valence-corrected chi connectivity index (χ2v) is 4.40. The SMILES string of the molecule is COC(=O)c1cccc(OCc2ccc(C)cc2F)c1. The molecule has 0 atom stereocenters. The molecule has 0 unspecified atom stereocenters. The largest absolute Gasteiger partial charge is 0.489 e. The van der Waals surface area contributed by atoms with Crippen LogP contribution in [0.5, 0.6) is 5.75 Å². The standard InChI is InChI=1S/C16H15FO3/c1-11-6-7-13(15(17)8-11)10-20-14-5-3-4-12(9-14)16(18)19-2/h3-9H,10H2,1-2H3. The molecule has 0 amide bonds. The zero-order valence-corrected chi connectivity index (χ0v) is 11.4. The fraction of sp³-hybridized carbons (Fsp3) is 0.188. The first-order valence-corrected chi connectivity index (χ1v) is 6.16. The van der Waals surface area contributed by atoms with Crippen molar-refractivity contribution in [2.75, 3.05) is 7.11 Å². The van der Waals surface area contributed by atoms with Crippen LogP contribution in [0.15, 0.2) is 42.5 Å². The third kappa shape index (κ3) is 3.35. The van der Waals surface area contributed by atoms with Crippen molar-refractivity contribution in [3.63, 3.8) is 0 Å². The van der Waals surface area contributed by atoms with Crippen molar-refractivity contribution in [2.45, 2.75) is 13.5 Å². The van der Waals surface area contributed by atoms with E-state index in [1.807, 2.05) is 13.0 Å². The van der Waals surface area contributed by atoms with Gasteiger partial charge in [-0.15, -0.1) is 0 Å². The van der Waals surface area contributed by atoms with Crippen LogP contribution in [-0.2, 0) is 11.3 Å². The number of halogens is 1. The summed E-state index contributed by atoms with van der Waals surface area (Å²) in [6.07, 6.45) is 0. The molecule has 0 heterocycles. The highest BCUT2D eigenvalue weighted by molar-refractivity contribution is 5.89. The fourth-order valence-electron chi connectivity index (χ4n) is 1.76. The summed E-state index contributed by atoms with van der Waals surface area (Å²) in [6.45, 7) is 1.93. The molecule has 0 fully saturated rings. The van der Waals surface area contributed by atoms with E-state index in [9.17, 15) is 9.18 Å². The number of aryl methyl sites for hydroxylation is 1. The number of ether oxygens (including phenoxy) is 2. The lowest BCUT2D eigenvalue weighted by atomic mass is 10.1. The number of hydrogen-bond acceptors (Lipinski definition) is 3. The normalized spacial score (nSPS) is 10.2. The van der Waals surface area contributed by atoms with Crippen molar-refractivity contribution in [3.05, 3.63) is 65.0 Å². The Hall–Kier alpha value is -2.36. The fourth-order valence-corrected chi connectivity index (χ4v) is 1.76. The van der Waals surface area contributed by atoms with Crippen LogP contribution in [0.25, 0.3) is 0 Å². The second-order valence-electron chi connectivity index (χ2n) is 4.40. The summed E-state index contributed by atoms with van der Waals surface area (Å²) in [7, 11) is 1.32. The van der Waals surface area contributed by atoms with Crippen molar-refractivity contribution >= 4 is 5.97 Å². The van der Waals surface area contributed by atoms with Crippen molar-refractivity contribution in [1.29, 1.82) is 0 Å². The quantitative estimate of drug-likeness (QED) is 0.800. The van der Waals surface area contributed by atoms with E-state index in [1.54, 1.807) is 30.3 Å². The van der Waals surface area contributed by atoms with Crippen LogP contribution in [0, 0.1) is 12.7 Å². The number of esters is 1. The molecule has 0 aliphatic carbocycles. The van der Waals surface area contributed by atoms with Crippen LogP contribution in [0.3, 0.4) is 0 Å². The van der Waals surface area contributed by atoms with E-state index in [1.165, 1.54) is 13.2 Å². The maximum Gasteiger partial charge on any atom is 0.337 e. The minimum absolute atomic E-state index is 0.108. The average molecular weight is 274 g/mol. The summed E-state index contributed by atoms with van der Waals surface area (Å²) in [6, 6.07) is 11.6. The molecule has 2 rings (SSSR count). The van der Waals surface area contributed by atoms with Crippen molar-refractivity contribution in [2.24, 2.45) is 0 Å². The van der Waals surface area contributed by atoms with Crippen LogP contribution in [-0.4, -0.2) is 13.1 Å². The van der Waals surface area contributed by atoms with Gasteiger partial charge in [-0.3, -0.25) is 0 Å². The minimum atomic E-state index is -0.433. The first kappa shape index (κ1) is 14.1. The highest BCUT2D eigenvalue weighted by Gasteiger charge is 2.07. The number of carbonyl (C=O) groups excluding carboxylic acids is 1. The van der Waals surface area contributed by atoms with Gasteiger partial charge in [0.15, 0.2) is 0 Å². The number of methoxy groups -OCH3 is 1. The first-order chi connectivity index (χ1) is 9.60. The molecule has 3 nitrogen and oxygen atoms in total. The summed E-state index contributed by atoms with van der Waals surface area (Å²) in [5.41, 5.74) is 1.73. The Morgan fingerprint density at radius 3 is 2.70 bits per heavy atom. The Balaban J connectivity index is 2.09. The van der Waals surface area contributed by atoms with Gasteiger partial charge in [0, 0.05) is 5.56 Å². The van der Waals surface area contributed by atoms with E-state index < -0.39 is 5.97 Å². The van der Waals surface area contributed by atoms with Gasteiger partial charge >= 0.3 is 5.97 Å². The van der Waals surface area contributed by atoms with Crippen LogP contribution in [0.2, 0.25) is 0 Å². The number of benzene rings is 2. The Morgan fingerprint density at radius 2 is 2.00 bits per heavy atom. The summed E-state index contributed by atoms with van der Waals surface area (Å²) in [5.74, 6) is -0.237. The predicted molar refractivity (Wildman–Crippen MR) is 73.3 cm³/mol. The minimum Gasteiger partial charge on any atom is -0.489 e. The Labute approximate surface area is 117 Å². The Morgan fingerprint density at radius 1 is 1.20 bits per heavy atom. The Kier molecular flexibility index (Phi) is 4.35. The monoisotopic (exact) mass is 274 g/mol. The lowest BCUT2D eigenvalue weighted by molar-refractivity contribution is 0.0600. The van der Waals surface area contributed by atoms with Crippen molar-refractivity contribution in [1.82, 2.24) is 0 Å².